The molecule has 0 spiro atoms. The van der Waals surface area contributed by atoms with Crippen molar-refractivity contribution in [2.75, 3.05) is 31.1 Å². The Morgan fingerprint density at radius 1 is 1.08 bits per heavy atom. The summed E-state index contributed by atoms with van der Waals surface area (Å²) in [6.07, 6.45) is 3.13. The monoisotopic (exact) mass is 325 g/mol. The number of carbonyl (C=O) groups is 1. The van der Waals surface area contributed by atoms with Crippen LogP contribution < -0.4 is 4.90 Å². The second-order valence-corrected chi connectivity index (χ2v) is 5.75. The number of piperazine rings is 1. The molecule has 2 aromatic heterocycles. The molecule has 0 radical (unpaired) electrons. The third-order valence-electron chi connectivity index (χ3n) is 4.28. The van der Waals surface area contributed by atoms with E-state index in [0.717, 1.165) is 24.3 Å². The van der Waals surface area contributed by atoms with Crippen LogP contribution in [0.1, 0.15) is 10.4 Å². The molecule has 1 aliphatic heterocycles. The summed E-state index contributed by atoms with van der Waals surface area (Å²) in [5.74, 6) is -0.271. The zero-order valence-electron chi connectivity index (χ0n) is 12.9. The Kier molecular flexibility index (Phi) is 3.60. The summed E-state index contributed by atoms with van der Waals surface area (Å²) in [5, 5.41) is 0. The molecule has 3 aromatic rings. The van der Waals surface area contributed by atoms with Crippen molar-refractivity contribution in [2.24, 2.45) is 0 Å². The number of amides is 1. The average Bonchev–Trinajstić information content (AvgIpc) is 3.09. The molecule has 1 aliphatic rings. The number of nitrogens with zero attached hydrogens (tertiary/aromatic N) is 4. The molecule has 7 heteroatoms. The molecule has 1 N–H and O–H groups in total. The molecule has 6 nitrogen and oxygen atoms in total. The van der Waals surface area contributed by atoms with Crippen LogP contribution in [0.25, 0.3) is 11.2 Å². The number of H-pyrrole nitrogens is 1. The van der Waals surface area contributed by atoms with Crippen molar-refractivity contribution < 1.29 is 9.18 Å². The van der Waals surface area contributed by atoms with Crippen LogP contribution in [-0.4, -0.2) is 51.9 Å². The van der Waals surface area contributed by atoms with Gasteiger partial charge in [-0.15, -0.1) is 0 Å². The number of benzene rings is 1. The van der Waals surface area contributed by atoms with Crippen LogP contribution >= 0.6 is 0 Å². The van der Waals surface area contributed by atoms with Gasteiger partial charge in [0, 0.05) is 38.1 Å². The van der Waals surface area contributed by atoms with E-state index < -0.39 is 0 Å². The number of aromatic amines is 1. The van der Waals surface area contributed by atoms with Gasteiger partial charge < -0.3 is 14.8 Å². The van der Waals surface area contributed by atoms with Crippen molar-refractivity contribution in [3.63, 3.8) is 0 Å². The lowest BCUT2D eigenvalue weighted by Gasteiger charge is -2.36. The first-order valence-corrected chi connectivity index (χ1v) is 7.79. The van der Waals surface area contributed by atoms with Gasteiger partial charge in [-0.2, -0.15) is 0 Å². The number of imidazole rings is 1. The molecule has 0 bridgehead atoms. The normalized spacial score (nSPS) is 15.0. The number of nitrogens with one attached hydrogen (secondary N) is 1. The summed E-state index contributed by atoms with van der Waals surface area (Å²) in [7, 11) is 0. The lowest BCUT2D eigenvalue weighted by molar-refractivity contribution is 0.0746. The molecule has 3 heterocycles. The minimum atomic E-state index is -0.241. The highest BCUT2D eigenvalue weighted by molar-refractivity contribution is 5.96. The quantitative estimate of drug-likeness (QED) is 0.783. The van der Waals surface area contributed by atoms with Crippen molar-refractivity contribution in [2.45, 2.75) is 0 Å². The number of carbonyl (C=O) groups excluding carboxylic acids is 1. The van der Waals surface area contributed by atoms with E-state index in [4.69, 9.17) is 0 Å². The molecule has 0 saturated carbocycles. The first-order chi connectivity index (χ1) is 11.7. The van der Waals surface area contributed by atoms with Gasteiger partial charge in [-0.25, -0.2) is 14.4 Å². The van der Waals surface area contributed by atoms with Gasteiger partial charge in [0.15, 0.2) is 5.65 Å². The van der Waals surface area contributed by atoms with Gasteiger partial charge in [-0.3, -0.25) is 4.79 Å². The first kappa shape index (κ1) is 14.6. The minimum Gasteiger partial charge on any atom is -0.368 e. The number of hydrogen-bond acceptors (Lipinski definition) is 4. The predicted octanol–water partition coefficient (Wildman–Crippen LogP) is 2.06. The van der Waals surface area contributed by atoms with E-state index in [9.17, 15) is 9.18 Å². The molecule has 122 valence electrons. The first-order valence-electron chi connectivity index (χ1n) is 7.79. The minimum absolute atomic E-state index is 0.0299. The van der Waals surface area contributed by atoms with Crippen LogP contribution in [0.5, 0.6) is 0 Å². The standard InChI is InChI=1S/C17H16FN5O/c18-13-1-3-14(4-2-13)22-5-7-23(8-6-22)17(24)12-9-15-16(19-10-12)21-11-20-15/h1-4,9-11H,5-8H2,(H,19,20,21). The molecule has 0 atom stereocenters. The number of rotatable bonds is 2. The van der Waals surface area contributed by atoms with Crippen LogP contribution in [0.3, 0.4) is 0 Å². The van der Waals surface area contributed by atoms with Gasteiger partial charge in [0.25, 0.3) is 5.91 Å². The molecule has 1 amide bonds. The van der Waals surface area contributed by atoms with Crippen molar-refractivity contribution in [1.82, 2.24) is 19.9 Å². The molecule has 0 unspecified atom stereocenters. The Morgan fingerprint density at radius 2 is 1.83 bits per heavy atom. The van der Waals surface area contributed by atoms with Crippen molar-refractivity contribution in [3.05, 3.63) is 54.2 Å². The highest BCUT2D eigenvalue weighted by Crippen LogP contribution is 2.18. The molecule has 4 rings (SSSR count). The fraction of sp³-hybridized carbons (Fsp3) is 0.235. The summed E-state index contributed by atoms with van der Waals surface area (Å²) in [4.78, 5) is 27.8. The third-order valence-corrected chi connectivity index (χ3v) is 4.28. The number of fused-ring (bicyclic) bond motifs is 1. The maximum Gasteiger partial charge on any atom is 0.255 e. The number of pyridine rings is 1. The Hall–Kier alpha value is -2.96. The van der Waals surface area contributed by atoms with Crippen molar-refractivity contribution in [1.29, 1.82) is 0 Å². The van der Waals surface area contributed by atoms with E-state index in [2.05, 4.69) is 19.9 Å². The lowest BCUT2D eigenvalue weighted by Crippen LogP contribution is -2.48. The molecule has 24 heavy (non-hydrogen) atoms. The Morgan fingerprint density at radius 3 is 2.58 bits per heavy atom. The van der Waals surface area contributed by atoms with E-state index in [1.165, 1.54) is 12.1 Å². The van der Waals surface area contributed by atoms with Crippen LogP contribution in [0.15, 0.2) is 42.9 Å². The second-order valence-electron chi connectivity index (χ2n) is 5.75. The summed E-state index contributed by atoms with van der Waals surface area (Å²) in [6.45, 7) is 2.68. The number of halogens is 1. The van der Waals surface area contributed by atoms with Gasteiger partial charge >= 0.3 is 0 Å². The SMILES string of the molecule is O=C(c1cnc2nc[nH]c2c1)N1CCN(c2ccc(F)cc2)CC1. The number of anilines is 1. The van der Waals surface area contributed by atoms with Gasteiger partial charge in [-0.05, 0) is 30.3 Å². The number of aromatic nitrogens is 3. The van der Waals surface area contributed by atoms with Crippen LogP contribution in [0.4, 0.5) is 10.1 Å². The maximum atomic E-state index is 13.0. The summed E-state index contributed by atoms with van der Waals surface area (Å²) < 4.78 is 13.0. The molecule has 0 aliphatic carbocycles. The van der Waals surface area contributed by atoms with E-state index >= 15 is 0 Å². The molecular weight excluding hydrogens is 309 g/mol. The smallest absolute Gasteiger partial charge is 0.255 e. The highest BCUT2D eigenvalue weighted by atomic mass is 19.1. The van der Waals surface area contributed by atoms with Crippen molar-refractivity contribution >= 4 is 22.8 Å². The fourth-order valence-electron chi connectivity index (χ4n) is 2.95. The average molecular weight is 325 g/mol. The largest absolute Gasteiger partial charge is 0.368 e. The van der Waals surface area contributed by atoms with Gasteiger partial charge in [0.2, 0.25) is 0 Å². The summed E-state index contributed by atoms with van der Waals surface area (Å²) in [6, 6.07) is 8.23. The van der Waals surface area contributed by atoms with Gasteiger partial charge in [0.1, 0.15) is 5.82 Å². The zero-order chi connectivity index (χ0) is 16.5. The van der Waals surface area contributed by atoms with E-state index in [1.807, 2.05) is 4.90 Å². The molecule has 1 aromatic carbocycles. The third kappa shape index (κ3) is 2.68. The van der Waals surface area contributed by atoms with Crippen LogP contribution in [0.2, 0.25) is 0 Å². The molecule has 1 fully saturated rings. The molecular formula is C17H16FN5O. The van der Waals surface area contributed by atoms with E-state index in [1.54, 1.807) is 30.7 Å². The summed E-state index contributed by atoms with van der Waals surface area (Å²) >= 11 is 0. The Bertz CT molecular complexity index is 868. The Labute approximate surface area is 137 Å². The fourth-order valence-corrected chi connectivity index (χ4v) is 2.95. The predicted molar refractivity (Wildman–Crippen MR) is 88.4 cm³/mol. The van der Waals surface area contributed by atoms with E-state index in [0.29, 0.717) is 24.3 Å². The highest BCUT2D eigenvalue weighted by Gasteiger charge is 2.23. The van der Waals surface area contributed by atoms with Crippen LogP contribution in [0, 0.1) is 5.82 Å². The van der Waals surface area contributed by atoms with E-state index in [-0.39, 0.29) is 11.7 Å². The lowest BCUT2D eigenvalue weighted by atomic mass is 10.2. The number of hydrogen-bond donors (Lipinski definition) is 1. The van der Waals surface area contributed by atoms with Gasteiger partial charge in [-0.1, -0.05) is 0 Å². The van der Waals surface area contributed by atoms with Gasteiger partial charge in [0.05, 0.1) is 17.4 Å². The Balaban J connectivity index is 1.44. The summed E-state index contributed by atoms with van der Waals surface area (Å²) in [5.41, 5.74) is 2.89. The zero-order valence-corrected chi connectivity index (χ0v) is 12.9. The van der Waals surface area contributed by atoms with Crippen molar-refractivity contribution in [3.8, 4) is 0 Å². The molecule has 1 saturated heterocycles. The topological polar surface area (TPSA) is 65.1 Å². The maximum absolute atomic E-state index is 13.0. The second kappa shape index (κ2) is 5.92. The van der Waals surface area contributed by atoms with Crippen LogP contribution in [-0.2, 0) is 0 Å².